The van der Waals surface area contributed by atoms with Crippen LogP contribution in [0.1, 0.15) is 67.4 Å². The first kappa shape index (κ1) is 27.8. The van der Waals surface area contributed by atoms with E-state index in [0.29, 0.717) is 16.9 Å². The van der Waals surface area contributed by atoms with Crippen molar-refractivity contribution in [2.45, 2.75) is 85.5 Å². The number of nitrogens with zero attached hydrogens (tertiary/aromatic N) is 3. The maximum atomic E-state index is 12.6. The molecule has 0 bridgehead atoms. The van der Waals surface area contributed by atoms with Gasteiger partial charge in [0.1, 0.15) is 11.2 Å². The lowest BCUT2D eigenvalue weighted by Crippen LogP contribution is -2.44. The minimum absolute atomic E-state index is 0.232. The number of carboxylic acid groups (broad SMARTS) is 1. The highest BCUT2D eigenvalue weighted by atomic mass is 16.6. The van der Waals surface area contributed by atoms with Crippen LogP contribution in [0.15, 0.2) is 12.4 Å². The molecule has 0 aliphatic carbocycles. The molecule has 33 heavy (non-hydrogen) atoms. The highest BCUT2D eigenvalue weighted by molar-refractivity contribution is 6.08. The molecule has 11 nitrogen and oxygen atoms in total. The molecule has 2 amide bonds. The van der Waals surface area contributed by atoms with Gasteiger partial charge < -0.3 is 19.3 Å². The fraction of sp³-hybridized carbons (Fsp3) is 0.636. The predicted molar refractivity (Wildman–Crippen MR) is 118 cm³/mol. The van der Waals surface area contributed by atoms with Crippen molar-refractivity contribution in [1.29, 1.82) is 0 Å². The summed E-state index contributed by atoms with van der Waals surface area (Å²) in [5, 5.41) is 9.42. The lowest BCUT2D eigenvalue weighted by atomic mass is 10.0. The molecular weight excluding hydrogens is 434 g/mol. The minimum Gasteiger partial charge on any atom is -0.481 e. The first-order valence-corrected chi connectivity index (χ1v) is 10.5. The van der Waals surface area contributed by atoms with Gasteiger partial charge in [0.2, 0.25) is 5.95 Å². The quantitative estimate of drug-likeness (QED) is 0.357. The summed E-state index contributed by atoms with van der Waals surface area (Å²) < 4.78 is 15.6. The molecule has 184 valence electrons. The normalized spacial score (nSPS) is 13.5. The van der Waals surface area contributed by atoms with Crippen molar-refractivity contribution in [2.75, 3.05) is 4.90 Å². The number of hydrogen-bond donors (Lipinski definition) is 1. The summed E-state index contributed by atoms with van der Waals surface area (Å²) in [7, 11) is 0. The van der Waals surface area contributed by atoms with Gasteiger partial charge in [-0.25, -0.2) is 19.6 Å². The summed E-state index contributed by atoms with van der Waals surface area (Å²) >= 11 is 0. The third-order valence-electron chi connectivity index (χ3n) is 3.96. The number of carbonyl (C=O) groups excluding carboxylic acids is 3. The number of carbonyl (C=O) groups is 4. The van der Waals surface area contributed by atoms with E-state index in [-0.39, 0.29) is 12.4 Å². The zero-order valence-corrected chi connectivity index (χ0v) is 20.4. The molecule has 0 radical (unpaired) electrons. The van der Waals surface area contributed by atoms with Crippen LogP contribution in [0.25, 0.3) is 0 Å². The average Bonchev–Trinajstić information content (AvgIpc) is 2.63. The van der Waals surface area contributed by atoms with Crippen LogP contribution in [-0.2, 0) is 30.2 Å². The third kappa shape index (κ3) is 9.42. The summed E-state index contributed by atoms with van der Waals surface area (Å²) in [5.41, 5.74) is -1.51. The van der Waals surface area contributed by atoms with E-state index in [1.807, 2.05) is 0 Å². The largest absolute Gasteiger partial charge is 0.481 e. The number of hydrogen-bond acceptors (Lipinski definition) is 9. The molecule has 0 saturated heterocycles. The highest BCUT2D eigenvalue weighted by Gasteiger charge is 2.35. The number of imide groups is 1. The Morgan fingerprint density at radius 1 is 0.970 bits per heavy atom. The van der Waals surface area contributed by atoms with E-state index in [1.165, 1.54) is 12.4 Å². The monoisotopic (exact) mass is 467 g/mol. The van der Waals surface area contributed by atoms with Crippen LogP contribution >= 0.6 is 0 Å². The second-order valence-electron chi connectivity index (χ2n) is 9.44. The van der Waals surface area contributed by atoms with Gasteiger partial charge in [-0.3, -0.25) is 9.59 Å². The maximum Gasteiger partial charge on any atom is 0.427 e. The topological polar surface area (TPSA) is 145 Å². The molecule has 1 aromatic rings. The lowest BCUT2D eigenvalue weighted by molar-refractivity contribution is -0.161. The van der Waals surface area contributed by atoms with Gasteiger partial charge in [-0.2, -0.15) is 0 Å². The van der Waals surface area contributed by atoms with Crippen molar-refractivity contribution in [3.05, 3.63) is 18.0 Å². The smallest absolute Gasteiger partial charge is 0.427 e. The zero-order chi connectivity index (χ0) is 25.6. The van der Waals surface area contributed by atoms with Crippen molar-refractivity contribution in [3.63, 3.8) is 0 Å². The molecule has 0 aromatic carbocycles. The van der Waals surface area contributed by atoms with Crippen LogP contribution in [0.3, 0.4) is 0 Å². The summed E-state index contributed by atoms with van der Waals surface area (Å²) in [6.07, 6.45) is 0.252. The maximum absolute atomic E-state index is 12.6. The molecule has 0 aliphatic heterocycles. The Hall–Kier alpha value is -3.24. The Kier molecular flexibility index (Phi) is 9.32. The zero-order valence-electron chi connectivity index (χ0n) is 20.4. The SMILES string of the molecule is CCC(C)OC(=O)C(Cc1cnc(N(C(=O)OC(C)(C)C)C(=O)OC(C)(C)C)nc1)C(=O)O. The van der Waals surface area contributed by atoms with E-state index < -0.39 is 47.3 Å². The molecule has 1 rings (SSSR count). The number of esters is 1. The Balaban J connectivity index is 3.16. The molecule has 2 atom stereocenters. The fourth-order valence-corrected chi connectivity index (χ4v) is 2.29. The molecule has 0 saturated carbocycles. The molecule has 0 aliphatic rings. The Morgan fingerprint density at radius 2 is 1.42 bits per heavy atom. The Morgan fingerprint density at radius 3 is 1.79 bits per heavy atom. The van der Waals surface area contributed by atoms with Crippen LogP contribution in [0.2, 0.25) is 0 Å². The van der Waals surface area contributed by atoms with Crippen LogP contribution in [-0.4, -0.2) is 56.5 Å². The number of rotatable bonds is 7. The van der Waals surface area contributed by atoms with Gasteiger partial charge in [-0.15, -0.1) is 4.90 Å². The lowest BCUT2D eigenvalue weighted by Gasteiger charge is -2.27. The molecule has 11 heteroatoms. The first-order chi connectivity index (χ1) is 15.0. The molecule has 1 aromatic heterocycles. The number of ether oxygens (including phenoxy) is 3. The van der Waals surface area contributed by atoms with E-state index in [4.69, 9.17) is 14.2 Å². The van der Waals surface area contributed by atoms with E-state index in [2.05, 4.69) is 9.97 Å². The molecule has 1 heterocycles. The highest BCUT2D eigenvalue weighted by Crippen LogP contribution is 2.20. The van der Waals surface area contributed by atoms with Crippen molar-refractivity contribution >= 4 is 30.1 Å². The molecule has 2 unspecified atom stereocenters. The van der Waals surface area contributed by atoms with Gasteiger partial charge in [0.05, 0.1) is 6.10 Å². The number of aliphatic carboxylic acids is 1. The predicted octanol–water partition coefficient (Wildman–Crippen LogP) is 3.74. The van der Waals surface area contributed by atoms with Gasteiger partial charge in [-0.1, -0.05) is 6.92 Å². The summed E-state index contributed by atoms with van der Waals surface area (Å²) in [4.78, 5) is 57.6. The average molecular weight is 468 g/mol. The number of aromatic nitrogens is 2. The van der Waals surface area contributed by atoms with Crippen molar-refractivity contribution in [1.82, 2.24) is 9.97 Å². The van der Waals surface area contributed by atoms with Crippen molar-refractivity contribution < 1.29 is 38.5 Å². The second kappa shape index (κ2) is 11.1. The number of anilines is 1. The number of amides is 2. The summed E-state index contributed by atoms with van der Waals surface area (Å²) in [5.74, 6) is -4.00. The molecular formula is C22H33N3O8. The Bertz CT molecular complexity index is 828. The summed E-state index contributed by atoms with van der Waals surface area (Å²) in [6, 6.07) is 0. The standard InChI is InChI=1S/C22H33N3O8/c1-9-13(2)31-17(28)15(16(26)27)10-14-11-23-18(24-12-14)25(19(29)32-21(3,4)5)20(30)33-22(6,7)8/h11-13,15H,9-10H2,1-8H3,(H,26,27). The van der Waals surface area contributed by atoms with Gasteiger partial charge in [0, 0.05) is 12.4 Å². The minimum atomic E-state index is -1.46. The third-order valence-corrected chi connectivity index (χ3v) is 3.96. The van der Waals surface area contributed by atoms with Crippen LogP contribution in [0.5, 0.6) is 0 Å². The Labute approximate surface area is 193 Å². The van der Waals surface area contributed by atoms with E-state index in [9.17, 15) is 24.3 Å². The van der Waals surface area contributed by atoms with Crippen molar-refractivity contribution in [3.8, 4) is 0 Å². The fourth-order valence-electron chi connectivity index (χ4n) is 2.29. The van der Waals surface area contributed by atoms with Gasteiger partial charge >= 0.3 is 24.1 Å². The van der Waals surface area contributed by atoms with Crippen LogP contribution < -0.4 is 4.90 Å². The first-order valence-electron chi connectivity index (χ1n) is 10.5. The van der Waals surface area contributed by atoms with Gasteiger partial charge in [-0.05, 0) is 66.9 Å². The van der Waals surface area contributed by atoms with Crippen LogP contribution in [0.4, 0.5) is 15.5 Å². The summed E-state index contributed by atoms with van der Waals surface area (Å²) in [6.45, 7) is 13.3. The van der Waals surface area contributed by atoms with E-state index >= 15 is 0 Å². The molecule has 1 N–H and O–H groups in total. The molecule has 0 spiro atoms. The molecule has 0 fully saturated rings. The van der Waals surface area contributed by atoms with E-state index in [1.54, 1.807) is 55.4 Å². The van der Waals surface area contributed by atoms with E-state index in [0.717, 1.165) is 0 Å². The second-order valence-corrected chi connectivity index (χ2v) is 9.44. The van der Waals surface area contributed by atoms with Crippen LogP contribution in [0, 0.1) is 5.92 Å². The van der Waals surface area contributed by atoms with Gasteiger partial charge in [0.15, 0.2) is 5.92 Å². The van der Waals surface area contributed by atoms with Crippen molar-refractivity contribution in [2.24, 2.45) is 5.92 Å². The van der Waals surface area contributed by atoms with Gasteiger partial charge in [0.25, 0.3) is 0 Å². The number of carboxylic acids is 1.